The maximum absolute atomic E-state index is 11.2. The fourth-order valence-electron chi connectivity index (χ4n) is 1.77. The summed E-state index contributed by atoms with van der Waals surface area (Å²) in [4.78, 5) is 16.1. The molecule has 0 saturated heterocycles. The minimum Gasteiger partial charge on any atom is -0.370 e. The van der Waals surface area contributed by atoms with Gasteiger partial charge in [-0.05, 0) is 31.0 Å². The molecule has 0 amide bonds. The Morgan fingerprint density at radius 1 is 1.29 bits per heavy atom. The van der Waals surface area contributed by atoms with Gasteiger partial charge >= 0.3 is 5.69 Å². The van der Waals surface area contributed by atoms with E-state index in [0.29, 0.717) is 10.8 Å². The first-order valence-corrected chi connectivity index (χ1v) is 7.56. The Kier molecular flexibility index (Phi) is 5.16. The molecule has 5 nitrogen and oxygen atoms in total. The molecule has 0 saturated carbocycles. The Hall–Kier alpha value is -2.08. The van der Waals surface area contributed by atoms with E-state index in [1.54, 1.807) is 6.07 Å². The third-order valence-corrected chi connectivity index (χ3v) is 4.06. The molecule has 6 heteroatoms. The number of benzene rings is 1. The van der Waals surface area contributed by atoms with E-state index in [-0.39, 0.29) is 5.69 Å². The Morgan fingerprint density at radius 2 is 2.05 bits per heavy atom. The largest absolute Gasteiger partial charge is 0.370 e. The van der Waals surface area contributed by atoms with Gasteiger partial charge in [-0.1, -0.05) is 36.9 Å². The Bertz CT molecular complexity index is 647. The summed E-state index contributed by atoms with van der Waals surface area (Å²) in [6.45, 7) is 4.83. The standard InChI is InChI=1S/C15H17N3O2S/c1-3-10-16-14-9-8-12(18(19)20)15(17-14)21-13-7-5-4-6-11(13)2/h4-9H,3,10H2,1-2H3,(H,16,17). The van der Waals surface area contributed by atoms with Gasteiger partial charge in [0.05, 0.1) is 4.92 Å². The van der Waals surface area contributed by atoms with Crippen molar-refractivity contribution in [2.24, 2.45) is 0 Å². The van der Waals surface area contributed by atoms with Gasteiger partial charge in [0, 0.05) is 17.5 Å². The number of hydrogen-bond donors (Lipinski definition) is 1. The summed E-state index contributed by atoms with van der Waals surface area (Å²) < 4.78 is 0. The fourth-order valence-corrected chi connectivity index (χ4v) is 2.75. The van der Waals surface area contributed by atoms with Crippen LogP contribution in [0.4, 0.5) is 11.5 Å². The molecule has 1 aromatic carbocycles. The second kappa shape index (κ2) is 7.08. The molecule has 0 aliphatic carbocycles. The van der Waals surface area contributed by atoms with Crippen LogP contribution in [0.2, 0.25) is 0 Å². The molecule has 1 N–H and O–H groups in total. The fraction of sp³-hybridized carbons (Fsp3) is 0.267. The van der Waals surface area contributed by atoms with Crippen molar-refractivity contribution < 1.29 is 4.92 Å². The highest BCUT2D eigenvalue weighted by Gasteiger charge is 2.17. The van der Waals surface area contributed by atoms with Crippen molar-refractivity contribution in [3.05, 3.63) is 52.1 Å². The van der Waals surface area contributed by atoms with Crippen LogP contribution in [-0.2, 0) is 0 Å². The lowest BCUT2D eigenvalue weighted by atomic mass is 10.2. The minimum absolute atomic E-state index is 0.0327. The molecule has 2 rings (SSSR count). The van der Waals surface area contributed by atoms with Gasteiger partial charge in [0.25, 0.3) is 0 Å². The lowest BCUT2D eigenvalue weighted by Crippen LogP contribution is -2.03. The van der Waals surface area contributed by atoms with Crippen molar-refractivity contribution >= 4 is 23.3 Å². The van der Waals surface area contributed by atoms with Gasteiger partial charge in [0.1, 0.15) is 5.82 Å². The van der Waals surface area contributed by atoms with Gasteiger partial charge in [-0.15, -0.1) is 0 Å². The Morgan fingerprint density at radius 3 is 2.71 bits per heavy atom. The van der Waals surface area contributed by atoms with Crippen molar-refractivity contribution in [1.29, 1.82) is 0 Å². The Balaban J connectivity index is 2.34. The topological polar surface area (TPSA) is 68.1 Å². The predicted octanol–water partition coefficient (Wildman–Crippen LogP) is 4.27. The first-order valence-electron chi connectivity index (χ1n) is 6.74. The molecule has 0 radical (unpaired) electrons. The molecule has 2 aromatic rings. The van der Waals surface area contributed by atoms with Crippen LogP contribution in [0.5, 0.6) is 0 Å². The van der Waals surface area contributed by atoms with Crippen molar-refractivity contribution in [3.63, 3.8) is 0 Å². The van der Waals surface area contributed by atoms with Gasteiger partial charge in [0.15, 0.2) is 5.03 Å². The molecule has 0 fully saturated rings. The van der Waals surface area contributed by atoms with Crippen LogP contribution in [0, 0.1) is 17.0 Å². The molecule has 0 aliphatic rings. The van der Waals surface area contributed by atoms with Crippen molar-refractivity contribution in [2.45, 2.75) is 30.2 Å². The number of anilines is 1. The van der Waals surface area contributed by atoms with Crippen molar-refractivity contribution in [3.8, 4) is 0 Å². The average Bonchev–Trinajstić information content (AvgIpc) is 2.47. The molecule has 0 spiro atoms. The van der Waals surface area contributed by atoms with E-state index in [0.717, 1.165) is 23.4 Å². The normalized spacial score (nSPS) is 10.4. The zero-order valence-corrected chi connectivity index (χ0v) is 12.8. The van der Waals surface area contributed by atoms with E-state index >= 15 is 0 Å². The second-order valence-electron chi connectivity index (χ2n) is 4.57. The lowest BCUT2D eigenvalue weighted by molar-refractivity contribution is -0.388. The van der Waals surface area contributed by atoms with E-state index in [2.05, 4.69) is 17.2 Å². The van der Waals surface area contributed by atoms with Crippen LogP contribution in [-0.4, -0.2) is 16.5 Å². The number of aromatic nitrogens is 1. The smallest absolute Gasteiger partial charge is 0.301 e. The first kappa shape index (κ1) is 15.3. The molecule has 1 heterocycles. The maximum Gasteiger partial charge on any atom is 0.301 e. The van der Waals surface area contributed by atoms with Crippen molar-refractivity contribution in [2.75, 3.05) is 11.9 Å². The molecule has 0 unspecified atom stereocenters. The number of hydrogen-bond acceptors (Lipinski definition) is 5. The summed E-state index contributed by atoms with van der Waals surface area (Å²) in [5, 5.41) is 14.7. The van der Waals surface area contributed by atoms with E-state index in [4.69, 9.17) is 0 Å². The van der Waals surface area contributed by atoms with Gasteiger partial charge in [-0.2, -0.15) is 0 Å². The van der Waals surface area contributed by atoms with Crippen LogP contribution in [0.15, 0.2) is 46.3 Å². The van der Waals surface area contributed by atoms with Gasteiger partial charge < -0.3 is 5.32 Å². The highest BCUT2D eigenvalue weighted by Crippen LogP contribution is 2.35. The van der Waals surface area contributed by atoms with E-state index in [9.17, 15) is 10.1 Å². The third kappa shape index (κ3) is 3.95. The number of nitrogens with zero attached hydrogens (tertiary/aromatic N) is 2. The monoisotopic (exact) mass is 303 g/mol. The Labute approximate surface area is 127 Å². The summed E-state index contributed by atoms with van der Waals surface area (Å²) in [5.41, 5.74) is 1.11. The third-order valence-electron chi connectivity index (χ3n) is 2.89. The van der Waals surface area contributed by atoms with Crippen LogP contribution in [0.1, 0.15) is 18.9 Å². The SMILES string of the molecule is CCCNc1ccc([N+](=O)[O-])c(Sc2ccccc2C)n1. The average molecular weight is 303 g/mol. The summed E-state index contributed by atoms with van der Waals surface area (Å²) >= 11 is 1.32. The quantitative estimate of drug-likeness (QED) is 0.637. The summed E-state index contributed by atoms with van der Waals surface area (Å²) in [7, 11) is 0. The molecule has 0 bridgehead atoms. The van der Waals surface area contributed by atoms with Crippen LogP contribution >= 0.6 is 11.8 Å². The van der Waals surface area contributed by atoms with Gasteiger partial charge in [0.2, 0.25) is 0 Å². The molecular formula is C15H17N3O2S. The predicted molar refractivity (Wildman–Crippen MR) is 85.0 cm³/mol. The molecule has 21 heavy (non-hydrogen) atoms. The molecule has 110 valence electrons. The minimum atomic E-state index is -0.392. The molecular weight excluding hydrogens is 286 g/mol. The number of pyridine rings is 1. The summed E-state index contributed by atoms with van der Waals surface area (Å²) in [5.74, 6) is 0.665. The van der Waals surface area contributed by atoms with Gasteiger partial charge in [-0.3, -0.25) is 10.1 Å². The zero-order valence-electron chi connectivity index (χ0n) is 12.0. The van der Waals surface area contributed by atoms with E-state index in [1.807, 2.05) is 31.2 Å². The summed E-state index contributed by atoms with van der Waals surface area (Å²) in [6.07, 6.45) is 0.971. The maximum atomic E-state index is 11.2. The number of nitrogens with one attached hydrogen (secondary N) is 1. The number of aryl methyl sites for hydroxylation is 1. The second-order valence-corrected chi connectivity index (χ2v) is 5.60. The van der Waals surface area contributed by atoms with Gasteiger partial charge in [-0.25, -0.2) is 4.98 Å². The zero-order chi connectivity index (χ0) is 15.2. The molecule has 0 aliphatic heterocycles. The van der Waals surface area contributed by atoms with Crippen LogP contribution < -0.4 is 5.32 Å². The number of nitro groups is 1. The van der Waals surface area contributed by atoms with E-state index < -0.39 is 4.92 Å². The molecule has 1 aromatic heterocycles. The lowest BCUT2D eigenvalue weighted by Gasteiger charge is -2.08. The number of rotatable bonds is 6. The van der Waals surface area contributed by atoms with Crippen LogP contribution in [0.3, 0.4) is 0 Å². The highest BCUT2D eigenvalue weighted by atomic mass is 32.2. The van der Waals surface area contributed by atoms with Crippen molar-refractivity contribution in [1.82, 2.24) is 4.98 Å². The van der Waals surface area contributed by atoms with E-state index in [1.165, 1.54) is 17.8 Å². The highest BCUT2D eigenvalue weighted by molar-refractivity contribution is 7.99. The first-order chi connectivity index (χ1) is 10.1. The summed E-state index contributed by atoms with van der Waals surface area (Å²) in [6, 6.07) is 10.9. The molecule has 0 atom stereocenters. The van der Waals surface area contributed by atoms with Crippen LogP contribution in [0.25, 0.3) is 0 Å².